The van der Waals surface area contributed by atoms with Crippen LogP contribution in [0.4, 0.5) is 5.13 Å². The molecule has 0 aliphatic rings. The van der Waals surface area contributed by atoms with Crippen molar-refractivity contribution in [3.63, 3.8) is 0 Å². The van der Waals surface area contributed by atoms with Crippen molar-refractivity contribution in [1.82, 2.24) is 10.2 Å². The van der Waals surface area contributed by atoms with Crippen LogP contribution in [-0.4, -0.2) is 30.8 Å². The van der Waals surface area contributed by atoms with E-state index in [2.05, 4.69) is 15.5 Å². The molecule has 1 aromatic heterocycles. The molecule has 0 saturated heterocycles. The third-order valence-corrected chi connectivity index (χ3v) is 4.69. The smallest absolute Gasteiger partial charge is 0.234 e. The Balaban J connectivity index is 2.02. The van der Waals surface area contributed by atoms with Crippen LogP contribution >= 0.6 is 11.3 Å². The molecule has 0 unspecified atom stereocenters. The van der Waals surface area contributed by atoms with Gasteiger partial charge in [0.05, 0.1) is 6.42 Å². The highest BCUT2D eigenvalue weighted by molar-refractivity contribution is 7.92. The van der Waals surface area contributed by atoms with Gasteiger partial charge in [0.1, 0.15) is 0 Å². The van der Waals surface area contributed by atoms with Crippen molar-refractivity contribution in [1.29, 1.82) is 0 Å². The maximum absolute atomic E-state index is 11.7. The third kappa shape index (κ3) is 3.83. The normalized spacial score (nSPS) is 11.2. The summed E-state index contributed by atoms with van der Waals surface area (Å²) in [5, 5.41) is 9.84. The second-order valence-electron chi connectivity index (χ2n) is 3.86. The maximum Gasteiger partial charge on any atom is 0.234 e. The Morgan fingerprint density at radius 1 is 1.26 bits per heavy atom. The largest absolute Gasteiger partial charge is 0.300 e. The molecule has 0 bridgehead atoms. The number of rotatable bonds is 4. The molecule has 1 aromatic carbocycles. The maximum atomic E-state index is 11.7. The molecule has 0 atom stereocenters. The molecular weight excluding hydrogens is 286 g/mol. The summed E-state index contributed by atoms with van der Waals surface area (Å²) in [5.74, 6) is -0.262. The molecule has 100 valence electrons. The molecule has 0 saturated carbocycles. The van der Waals surface area contributed by atoms with Gasteiger partial charge >= 0.3 is 0 Å². The lowest BCUT2D eigenvalue weighted by atomic mass is 10.1. The van der Waals surface area contributed by atoms with Gasteiger partial charge in [0, 0.05) is 6.26 Å². The van der Waals surface area contributed by atoms with Crippen molar-refractivity contribution in [2.45, 2.75) is 10.8 Å². The third-order valence-electron chi connectivity index (χ3n) is 2.18. The molecule has 2 aromatic rings. The summed E-state index contributed by atoms with van der Waals surface area (Å²) in [6, 6.07) is 9.22. The first kappa shape index (κ1) is 13.6. The van der Waals surface area contributed by atoms with Crippen LogP contribution in [0.2, 0.25) is 0 Å². The van der Waals surface area contributed by atoms with Crippen molar-refractivity contribution < 1.29 is 13.2 Å². The van der Waals surface area contributed by atoms with E-state index in [0.29, 0.717) is 0 Å². The van der Waals surface area contributed by atoms with E-state index in [4.69, 9.17) is 0 Å². The lowest BCUT2D eigenvalue weighted by molar-refractivity contribution is -0.115. The van der Waals surface area contributed by atoms with Crippen LogP contribution in [0.25, 0.3) is 0 Å². The quantitative estimate of drug-likeness (QED) is 0.854. The molecule has 0 fully saturated rings. The molecule has 0 aliphatic carbocycles. The summed E-state index contributed by atoms with van der Waals surface area (Å²) in [4.78, 5) is 11.7. The Morgan fingerprint density at radius 2 is 1.95 bits per heavy atom. The number of nitrogens with zero attached hydrogens (tertiary/aromatic N) is 2. The van der Waals surface area contributed by atoms with Crippen molar-refractivity contribution in [3.8, 4) is 0 Å². The Labute approximate surface area is 114 Å². The number of hydrogen-bond acceptors (Lipinski definition) is 6. The Bertz CT molecular complexity index is 680. The van der Waals surface area contributed by atoms with Crippen molar-refractivity contribution >= 4 is 32.2 Å². The number of sulfone groups is 1. The fourth-order valence-electron chi connectivity index (χ4n) is 1.35. The van der Waals surface area contributed by atoms with E-state index in [1.807, 2.05) is 30.3 Å². The minimum absolute atomic E-state index is 0.109. The van der Waals surface area contributed by atoms with Crippen LogP contribution in [-0.2, 0) is 21.1 Å². The number of hydrogen-bond donors (Lipinski definition) is 1. The van der Waals surface area contributed by atoms with Gasteiger partial charge in [-0.05, 0) is 5.56 Å². The first-order valence-corrected chi connectivity index (χ1v) is 8.03. The van der Waals surface area contributed by atoms with Gasteiger partial charge in [0.2, 0.25) is 25.2 Å². The van der Waals surface area contributed by atoms with Gasteiger partial charge in [0.15, 0.2) is 0 Å². The van der Waals surface area contributed by atoms with E-state index >= 15 is 0 Å². The second-order valence-corrected chi connectivity index (χ2v) is 7.02. The monoisotopic (exact) mass is 297 g/mol. The number of anilines is 1. The number of carbonyl (C=O) groups is 1. The Morgan fingerprint density at radius 3 is 2.53 bits per heavy atom. The van der Waals surface area contributed by atoms with Crippen LogP contribution in [0.5, 0.6) is 0 Å². The minimum Gasteiger partial charge on any atom is -0.300 e. The van der Waals surface area contributed by atoms with Crippen LogP contribution in [0, 0.1) is 0 Å². The highest BCUT2D eigenvalue weighted by Crippen LogP contribution is 2.19. The molecule has 19 heavy (non-hydrogen) atoms. The standard InChI is InChI=1S/C11H11N3O3S2/c1-19(16,17)11-14-13-10(18-11)12-9(15)7-8-5-3-2-4-6-8/h2-6H,7H2,1H3,(H,12,13,15). The SMILES string of the molecule is CS(=O)(=O)c1nnc(NC(=O)Cc2ccccc2)s1. The molecule has 1 N–H and O–H groups in total. The minimum atomic E-state index is -3.38. The van der Waals surface area contributed by atoms with Crippen molar-refractivity contribution in [3.05, 3.63) is 35.9 Å². The van der Waals surface area contributed by atoms with E-state index < -0.39 is 9.84 Å². The molecule has 0 spiro atoms. The molecule has 1 amide bonds. The molecule has 1 heterocycles. The second kappa shape index (κ2) is 5.45. The zero-order valence-corrected chi connectivity index (χ0v) is 11.7. The first-order chi connectivity index (χ1) is 8.95. The van der Waals surface area contributed by atoms with Crippen LogP contribution < -0.4 is 5.32 Å². The van der Waals surface area contributed by atoms with Gasteiger partial charge in [-0.3, -0.25) is 4.79 Å². The van der Waals surface area contributed by atoms with E-state index in [9.17, 15) is 13.2 Å². The first-order valence-electron chi connectivity index (χ1n) is 5.32. The topological polar surface area (TPSA) is 89.0 Å². The van der Waals surface area contributed by atoms with Gasteiger partial charge in [-0.2, -0.15) is 0 Å². The average Bonchev–Trinajstić information content (AvgIpc) is 2.78. The van der Waals surface area contributed by atoms with Crippen molar-refractivity contribution in [2.75, 3.05) is 11.6 Å². The molecule has 0 radical (unpaired) electrons. The van der Waals surface area contributed by atoms with Crippen molar-refractivity contribution in [2.24, 2.45) is 0 Å². The molecule has 2 rings (SSSR count). The number of amides is 1. The number of carbonyl (C=O) groups excluding carboxylic acids is 1. The van der Waals surface area contributed by atoms with Gasteiger partial charge in [0.25, 0.3) is 0 Å². The number of nitrogens with one attached hydrogen (secondary N) is 1. The highest BCUT2D eigenvalue weighted by Gasteiger charge is 2.15. The molecular formula is C11H11N3O3S2. The predicted molar refractivity (Wildman–Crippen MR) is 71.8 cm³/mol. The number of benzene rings is 1. The fraction of sp³-hybridized carbons (Fsp3) is 0.182. The van der Waals surface area contributed by atoms with E-state index in [-0.39, 0.29) is 21.8 Å². The highest BCUT2D eigenvalue weighted by atomic mass is 32.2. The van der Waals surface area contributed by atoms with E-state index in [1.54, 1.807) is 0 Å². The Kier molecular flexibility index (Phi) is 3.91. The summed E-state index contributed by atoms with van der Waals surface area (Å²) in [6.45, 7) is 0. The van der Waals surface area contributed by atoms with E-state index in [1.165, 1.54) is 0 Å². The summed E-state index contributed by atoms with van der Waals surface area (Å²) < 4.78 is 22.3. The molecule has 0 aliphatic heterocycles. The van der Waals surface area contributed by atoms with E-state index in [0.717, 1.165) is 23.2 Å². The lowest BCUT2D eigenvalue weighted by Crippen LogP contribution is -2.14. The van der Waals surface area contributed by atoms with Gasteiger partial charge < -0.3 is 5.32 Å². The van der Waals surface area contributed by atoms with Crippen LogP contribution in [0.1, 0.15) is 5.56 Å². The lowest BCUT2D eigenvalue weighted by Gasteiger charge is -2.00. The van der Waals surface area contributed by atoms with Gasteiger partial charge in [-0.15, -0.1) is 10.2 Å². The fourth-order valence-corrected chi connectivity index (χ4v) is 2.88. The zero-order chi connectivity index (χ0) is 13.9. The summed E-state index contributed by atoms with van der Waals surface area (Å²) in [7, 11) is -3.38. The van der Waals surface area contributed by atoms with Crippen LogP contribution in [0.15, 0.2) is 34.7 Å². The zero-order valence-electron chi connectivity index (χ0n) is 10.0. The number of aromatic nitrogens is 2. The molecule has 6 nitrogen and oxygen atoms in total. The predicted octanol–water partition coefficient (Wildman–Crippen LogP) is 1.12. The summed E-state index contributed by atoms with van der Waals surface area (Å²) >= 11 is 0.837. The van der Waals surface area contributed by atoms with Crippen LogP contribution in [0.3, 0.4) is 0 Å². The van der Waals surface area contributed by atoms with Gasteiger partial charge in [-0.25, -0.2) is 8.42 Å². The summed E-state index contributed by atoms with van der Waals surface area (Å²) in [5.41, 5.74) is 0.868. The average molecular weight is 297 g/mol. The summed E-state index contributed by atoms with van der Waals surface area (Å²) in [6.07, 6.45) is 1.25. The molecule has 8 heteroatoms. The Hall–Kier alpha value is -1.80. The van der Waals surface area contributed by atoms with Gasteiger partial charge in [-0.1, -0.05) is 41.7 Å².